The second kappa shape index (κ2) is 6.34. The standard InChI is InChI=1S/C16H21BrN2O2/c17-13-8-9-14(18-10-11-6-7-11)16(19(20)21)15(13)12-4-2-1-3-5-12/h8-9,11-12,18H,1-7,10H2. The van der Waals surface area contributed by atoms with Crippen LogP contribution in [0, 0.1) is 16.0 Å². The van der Waals surface area contributed by atoms with Crippen LogP contribution in [-0.4, -0.2) is 11.5 Å². The van der Waals surface area contributed by atoms with Crippen LogP contribution in [0.4, 0.5) is 11.4 Å². The number of anilines is 1. The smallest absolute Gasteiger partial charge is 0.296 e. The predicted molar refractivity (Wildman–Crippen MR) is 87.8 cm³/mol. The maximum Gasteiger partial charge on any atom is 0.296 e. The Morgan fingerprint density at radius 3 is 2.52 bits per heavy atom. The number of nitro groups is 1. The molecular formula is C16H21BrN2O2. The van der Waals surface area contributed by atoms with Crippen molar-refractivity contribution in [2.45, 2.75) is 50.9 Å². The lowest BCUT2D eigenvalue weighted by molar-refractivity contribution is -0.384. The van der Waals surface area contributed by atoms with Crippen LogP contribution in [-0.2, 0) is 0 Å². The van der Waals surface area contributed by atoms with Gasteiger partial charge in [0.2, 0.25) is 0 Å². The van der Waals surface area contributed by atoms with Crippen molar-refractivity contribution in [3.8, 4) is 0 Å². The van der Waals surface area contributed by atoms with E-state index in [1.165, 1.54) is 32.1 Å². The maximum absolute atomic E-state index is 11.6. The molecule has 2 aliphatic rings. The van der Waals surface area contributed by atoms with Crippen molar-refractivity contribution in [1.29, 1.82) is 0 Å². The topological polar surface area (TPSA) is 55.2 Å². The largest absolute Gasteiger partial charge is 0.379 e. The minimum atomic E-state index is -0.204. The van der Waals surface area contributed by atoms with Gasteiger partial charge in [0.15, 0.2) is 0 Å². The molecule has 1 N–H and O–H groups in total. The molecule has 2 saturated carbocycles. The van der Waals surface area contributed by atoms with Crippen molar-refractivity contribution in [3.05, 3.63) is 32.3 Å². The molecule has 3 rings (SSSR count). The molecular weight excluding hydrogens is 332 g/mol. The molecule has 0 amide bonds. The zero-order chi connectivity index (χ0) is 14.8. The van der Waals surface area contributed by atoms with E-state index in [0.717, 1.165) is 29.4 Å². The average Bonchev–Trinajstić information content (AvgIpc) is 3.30. The number of benzene rings is 1. The van der Waals surface area contributed by atoms with Gasteiger partial charge >= 0.3 is 0 Å². The molecule has 0 aromatic heterocycles. The van der Waals surface area contributed by atoms with Gasteiger partial charge in [-0.15, -0.1) is 0 Å². The lowest BCUT2D eigenvalue weighted by atomic mass is 9.83. The van der Waals surface area contributed by atoms with E-state index < -0.39 is 0 Å². The third kappa shape index (κ3) is 3.39. The van der Waals surface area contributed by atoms with Gasteiger partial charge in [-0.1, -0.05) is 35.2 Å². The quantitative estimate of drug-likeness (QED) is 0.583. The molecule has 0 atom stereocenters. The van der Waals surface area contributed by atoms with Crippen molar-refractivity contribution in [2.24, 2.45) is 5.92 Å². The summed E-state index contributed by atoms with van der Waals surface area (Å²) in [6.07, 6.45) is 8.21. The first-order valence-electron chi connectivity index (χ1n) is 7.87. The molecule has 0 radical (unpaired) electrons. The summed E-state index contributed by atoms with van der Waals surface area (Å²) < 4.78 is 0.887. The van der Waals surface area contributed by atoms with Gasteiger partial charge in [-0.05, 0) is 49.7 Å². The highest BCUT2D eigenvalue weighted by Crippen LogP contribution is 2.44. The molecule has 0 heterocycles. The van der Waals surface area contributed by atoms with Crippen molar-refractivity contribution in [1.82, 2.24) is 0 Å². The van der Waals surface area contributed by atoms with E-state index in [9.17, 15) is 10.1 Å². The zero-order valence-electron chi connectivity index (χ0n) is 12.1. The Bertz CT molecular complexity index is 537. The second-order valence-corrected chi connectivity index (χ2v) is 7.13. The van der Waals surface area contributed by atoms with Gasteiger partial charge < -0.3 is 5.32 Å². The lowest BCUT2D eigenvalue weighted by Crippen LogP contribution is -2.12. The summed E-state index contributed by atoms with van der Waals surface area (Å²) >= 11 is 3.55. The Balaban J connectivity index is 1.94. The van der Waals surface area contributed by atoms with Gasteiger partial charge in [0.25, 0.3) is 5.69 Å². The minimum Gasteiger partial charge on any atom is -0.379 e. The van der Waals surface area contributed by atoms with Crippen molar-refractivity contribution < 1.29 is 4.92 Å². The van der Waals surface area contributed by atoms with E-state index in [-0.39, 0.29) is 10.6 Å². The summed E-state index contributed by atoms with van der Waals surface area (Å²) in [5.74, 6) is 1.02. The highest BCUT2D eigenvalue weighted by atomic mass is 79.9. The third-order valence-corrected chi connectivity index (χ3v) is 5.33. The van der Waals surface area contributed by atoms with Gasteiger partial charge in [-0.3, -0.25) is 10.1 Å². The van der Waals surface area contributed by atoms with Crippen molar-refractivity contribution in [2.75, 3.05) is 11.9 Å². The number of hydrogen-bond donors (Lipinski definition) is 1. The molecule has 5 heteroatoms. The van der Waals surface area contributed by atoms with E-state index in [1.54, 1.807) is 0 Å². The fraction of sp³-hybridized carbons (Fsp3) is 0.625. The fourth-order valence-electron chi connectivity index (χ4n) is 3.28. The maximum atomic E-state index is 11.6. The summed E-state index contributed by atoms with van der Waals surface area (Å²) in [4.78, 5) is 11.4. The summed E-state index contributed by atoms with van der Waals surface area (Å²) in [6, 6.07) is 3.81. The monoisotopic (exact) mass is 352 g/mol. The first-order valence-corrected chi connectivity index (χ1v) is 8.66. The van der Waals surface area contributed by atoms with Crippen molar-refractivity contribution >= 4 is 27.3 Å². The zero-order valence-corrected chi connectivity index (χ0v) is 13.7. The highest BCUT2D eigenvalue weighted by Gasteiger charge is 2.30. The summed E-state index contributed by atoms with van der Waals surface area (Å²) in [5, 5.41) is 14.9. The van der Waals surface area contributed by atoms with E-state index in [0.29, 0.717) is 17.5 Å². The molecule has 0 aliphatic heterocycles. The molecule has 0 saturated heterocycles. The van der Waals surface area contributed by atoms with Crippen LogP contribution in [0.1, 0.15) is 56.4 Å². The fourth-order valence-corrected chi connectivity index (χ4v) is 3.92. The highest BCUT2D eigenvalue weighted by molar-refractivity contribution is 9.10. The first kappa shape index (κ1) is 14.8. The predicted octanol–water partition coefficient (Wildman–Crippen LogP) is 5.23. The Labute approximate surface area is 133 Å². The van der Waals surface area contributed by atoms with Gasteiger partial charge in [0, 0.05) is 16.6 Å². The average molecular weight is 353 g/mol. The normalized spacial score (nSPS) is 19.5. The number of halogens is 1. The molecule has 1 aromatic rings. The van der Waals surface area contributed by atoms with Crippen LogP contribution in [0.25, 0.3) is 0 Å². The number of nitro benzene ring substituents is 1. The molecule has 21 heavy (non-hydrogen) atoms. The first-order chi connectivity index (χ1) is 10.2. The van der Waals surface area contributed by atoms with Crippen LogP contribution < -0.4 is 5.32 Å². The van der Waals surface area contributed by atoms with Crippen LogP contribution in [0.15, 0.2) is 16.6 Å². The summed E-state index contributed by atoms with van der Waals surface area (Å²) in [5.41, 5.74) is 1.88. The molecule has 2 fully saturated rings. The molecule has 114 valence electrons. The number of nitrogens with zero attached hydrogens (tertiary/aromatic N) is 1. The number of hydrogen-bond acceptors (Lipinski definition) is 3. The van der Waals surface area contributed by atoms with Gasteiger partial charge in [-0.25, -0.2) is 0 Å². The second-order valence-electron chi connectivity index (χ2n) is 6.27. The van der Waals surface area contributed by atoms with Gasteiger partial charge in [0.1, 0.15) is 5.69 Å². The Morgan fingerprint density at radius 1 is 1.19 bits per heavy atom. The van der Waals surface area contributed by atoms with Crippen LogP contribution in [0.3, 0.4) is 0 Å². The molecule has 0 bridgehead atoms. The Hall–Kier alpha value is -1.10. The van der Waals surface area contributed by atoms with Crippen LogP contribution in [0.5, 0.6) is 0 Å². The number of rotatable bonds is 5. The van der Waals surface area contributed by atoms with Crippen LogP contribution in [0.2, 0.25) is 0 Å². The lowest BCUT2D eigenvalue weighted by Gasteiger charge is -2.23. The summed E-state index contributed by atoms with van der Waals surface area (Å²) in [7, 11) is 0. The SMILES string of the molecule is O=[N+]([O-])c1c(NCC2CC2)ccc(Br)c1C1CCCCC1. The van der Waals surface area contributed by atoms with Crippen molar-refractivity contribution in [3.63, 3.8) is 0 Å². The third-order valence-electron chi connectivity index (χ3n) is 4.64. The van der Waals surface area contributed by atoms with E-state index >= 15 is 0 Å². The van der Waals surface area contributed by atoms with E-state index in [2.05, 4.69) is 21.2 Å². The molecule has 0 spiro atoms. The molecule has 2 aliphatic carbocycles. The molecule has 0 unspecified atom stereocenters. The Morgan fingerprint density at radius 2 is 1.90 bits per heavy atom. The van der Waals surface area contributed by atoms with Crippen LogP contribution >= 0.6 is 15.9 Å². The minimum absolute atomic E-state index is 0.204. The molecule has 4 nitrogen and oxygen atoms in total. The number of nitrogens with one attached hydrogen (secondary N) is 1. The van der Waals surface area contributed by atoms with E-state index in [4.69, 9.17) is 0 Å². The van der Waals surface area contributed by atoms with Gasteiger partial charge in [0.05, 0.1) is 4.92 Å². The van der Waals surface area contributed by atoms with Gasteiger partial charge in [-0.2, -0.15) is 0 Å². The molecule has 1 aromatic carbocycles. The Kier molecular flexibility index (Phi) is 4.48. The van der Waals surface area contributed by atoms with E-state index in [1.807, 2.05) is 12.1 Å². The summed E-state index contributed by atoms with van der Waals surface area (Å²) in [6.45, 7) is 0.854.